The zero-order chi connectivity index (χ0) is 27.0. The number of benzene rings is 1. The van der Waals surface area contributed by atoms with Crippen LogP contribution < -0.4 is 5.32 Å². The second kappa shape index (κ2) is 10.8. The number of aromatic amines is 1. The number of methoxy groups -OCH3 is 1. The number of rotatable bonds is 11. The molecule has 5 rings (SSSR count). The van der Waals surface area contributed by atoms with Gasteiger partial charge in [-0.3, -0.25) is 19.3 Å². The van der Waals surface area contributed by atoms with E-state index in [1.807, 2.05) is 12.3 Å². The SMILES string of the molecule is C=C(/C(=C\C(NC1CN(CCCF)C1)=C(/C)F)OC)[C@@H]1c2ccc3[nH]ncc3c2C[C@@H](C)N1CC1(F)CC1. The monoisotopic (exact) mass is 529 g/mol. The summed E-state index contributed by atoms with van der Waals surface area (Å²) in [5, 5.41) is 11.6. The molecule has 1 aliphatic carbocycles. The molecule has 6 nitrogen and oxygen atoms in total. The van der Waals surface area contributed by atoms with E-state index in [0.717, 1.165) is 36.0 Å². The molecule has 1 saturated heterocycles. The number of hydrogen-bond donors (Lipinski definition) is 2. The van der Waals surface area contributed by atoms with Gasteiger partial charge in [-0.15, -0.1) is 0 Å². The van der Waals surface area contributed by atoms with Crippen molar-refractivity contribution in [3.05, 3.63) is 65.0 Å². The topological polar surface area (TPSA) is 56.4 Å². The Morgan fingerprint density at radius 1 is 1.34 bits per heavy atom. The summed E-state index contributed by atoms with van der Waals surface area (Å²) in [5.74, 6) is 0.0915. The van der Waals surface area contributed by atoms with Crippen LogP contribution in [0.1, 0.15) is 50.3 Å². The smallest absolute Gasteiger partial charge is 0.125 e. The summed E-state index contributed by atoms with van der Waals surface area (Å²) in [6.07, 6.45) is 5.92. The third-order valence-corrected chi connectivity index (χ3v) is 8.16. The number of alkyl halides is 2. The molecular formula is C29H38F3N5O. The van der Waals surface area contributed by atoms with Gasteiger partial charge in [-0.2, -0.15) is 5.10 Å². The number of likely N-dealkylation sites (tertiary alicyclic amines) is 1. The summed E-state index contributed by atoms with van der Waals surface area (Å²) in [4.78, 5) is 4.33. The number of allylic oxidation sites excluding steroid dienone is 2. The lowest BCUT2D eigenvalue weighted by molar-refractivity contribution is 0.0941. The van der Waals surface area contributed by atoms with Gasteiger partial charge in [0, 0.05) is 49.3 Å². The van der Waals surface area contributed by atoms with E-state index in [1.165, 1.54) is 12.5 Å². The van der Waals surface area contributed by atoms with Crippen LogP contribution in [0.5, 0.6) is 0 Å². The molecule has 2 aromatic rings. The van der Waals surface area contributed by atoms with Gasteiger partial charge in [0.15, 0.2) is 0 Å². The van der Waals surface area contributed by atoms with Crippen molar-refractivity contribution in [2.24, 2.45) is 0 Å². The molecule has 0 unspecified atom stereocenters. The maximum atomic E-state index is 15.1. The third kappa shape index (κ3) is 5.36. The maximum Gasteiger partial charge on any atom is 0.125 e. The number of nitrogens with one attached hydrogen (secondary N) is 2. The van der Waals surface area contributed by atoms with Crippen molar-refractivity contribution in [2.75, 3.05) is 40.0 Å². The normalized spacial score (nSPS) is 24.5. The Labute approximate surface area is 222 Å². The van der Waals surface area contributed by atoms with Crippen molar-refractivity contribution < 1.29 is 17.9 Å². The molecule has 3 heterocycles. The van der Waals surface area contributed by atoms with E-state index >= 15 is 4.39 Å². The Kier molecular flexibility index (Phi) is 7.60. The highest BCUT2D eigenvalue weighted by atomic mass is 19.1. The maximum absolute atomic E-state index is 15.1. The first-order valence-electron chi connectivity index (χ1n) is 13.5. The van der Waals surface area contributed by atoms with E-state index in [2.05, 4.69) is 44.9 Å². The fourth-order valence-electron chi connectivity index (χ4n) is 5.81. The Morgan fingerprint density at radius 2 is 2.11 bits per heavy atom. The summed E-state index contributed by atoms with van der Waals surface area (Å²) in [6.45, 7) is 10.1. The minimum absolute atomic E-state index is 0.0670. The van der Waals surface area contributed by atoms with E-state index in [0.29, 0.717) is 49.4 Å². The average Bonchev–Trinajstić information content (AvgIpc) is 3.39. The first kappa shape index (κ1) is 26.8. The lowest BCUT2D eigenvalue weighted by atomic mass is 9.83. The van der Waals surface area contributed by atoms with Gasteiger partial charge in [0.25, 0.3) is 0 Å². The molecule has 3 aliphatic rings. The molecule has 9 heteroatoms. The summed E-state index contributed by atoms with van der Waals surface area (Å²) >= 11 is 0. The number of hydrogen-bond acceptors (Lipinski definition) is 5. The minimum atomic E-state index is -1.18. The van der Waals surface area contributed by atoms with Gasteiger partial charge in [-0.05, 0) is 56.7 Å². The van der Waals surface area contributed by atoms with Crippen LogP contribution in [0, 0.1) is 0 Å². The van der Waals surface area contributed by atoms with Gasteiger partial charge in [0.05, 0.1) is 43.3 Å². The van der Waals surface area contributed by atoms with Crippen LogP contribution in [0.15, 0.2) is 53.8 Å². The van der Waals surface area contributed by atoms with Gasteiger partial charge in [-0.1, -0.05) is 12.6 Å². The van der Waals surface area contributed by atoms with Crippen LogP contribution in [-0.4, -0.2) is 77.7 Å². The minimum Gasteiger partial charge on any atom is -0.496 e. The molecule has 2 fully saturated rings. The molecule has 206 valence electrons. The van der Waals surface area contributed by atoms with Crippen molar-refractivity contribution in [3.63, 3.8) is 0 Å². The van der Waals surface area contributed by atoms with Gasteiger partial charge in [0.2, 0.25) is 0 Å². The molecular weight excluding hydrogens is 491 g/mol. The fourth-order valence-corrected chi connectivity index (χ4v) is 5.81. The zero-order valence-corrected chi connectivity index (χ0v) is 22.5. The quantitative estimate of drug-likeness (QED) is 0.307. The molecule has 1 aromatic carbocycles. The predicted molar refractivity (Wildman–Crippen MR) is 144 cm³/mol. The van der Waals surface area contributed by atoms with Crippen LogP contribution in [0.2, 0.25) is 0 Å². The van der Waals surface area contributed by atoms with Gasteiger partial charge >= 0.3 is 0 Å². The summed E-state index contributed by atoms with van der Waals surface area (Å²) < 4.78 is 48.1. The lowest BCUT2D eigenvalue weighted by Crippen LogP contribution is -2.57. The Morgan fingerprint density at radius 3 is 2.76 bits per heavy atom. The first-order chi connectivity index (χ1) is 18.2. The highest BCUT2D eigenvalue weighted by molar-refractivity contribution is 5.83. The molecule has 2 atom stereocenters. The molecule has 0 spiro atoms. The van der Waals surface area contributed by atoms with Crippen LogP contribution in [0.3, 0.4) is 0 Å². The van der Waals surface area contributed by atoms with Crippen LogP contribution >= 0.6 is 0 Å². The highest BCUT2D eigenvalue weighted by Crippen LogP contribution is 2.47. The number of H-pyrrole nitrogens is 1. The van der Waals surface area contributed by atoms with Crippen molar-refractivity contribution in [1.29, 1.82) is 0 Å². The number of aromatic nitrogens is 2. The summed E-state index contributed by atoms with van der Waals surface area (Å²) in [7, 11) is 1.55. The van der Waals surface area contributed by atoms with Gasteiger partial charge in [0.1, 0.15) is 17.3 Å². The van der Waals surface area contributed by atoms with Crippen molar-refractivity contribution in [3.8, 4) is 0 Å². The fraction of sp³-hybridized carbons (Fsp3) is 0.552. The van der Waals surface area contributed by atoms with Crippen molar-refractivity contribution in [1.82, 2.24) is 25.3 Å². The number of fused-ring (bicyclic) bond motifs is 3. The average molecular weight is 530 g/mol. The number of nitrogens with zero attached hydrogens (tertiary/aromatic N) is 3. The van der Waals surface area contributed by atoms with E-state index in [9.17, 15) is 8.78 Å². The van der Waals surface area contributed by atoms with E-state index in [-0.39, 0.29) is 30.6 Å². The largest absolute Gasteiger partial charge is 0.496 e. The van der Waals surface area contributed by atoms with Crippen LogP contribution in [0.4, 0.5) is 13.2 Å². The molecule has 0 radical (unpaired) electrons. The lowest BCUT2D eigenvalue weighted by Gasteiger charge is -2.44. The van der Waals surface area contributed by atoms with E-state index < -0.39 is 5.67 Å². The van der Waals surface area contributed by atoms with Gasteiger partial charge < -0.3 is 10.1 Å². The molecule has 1 saturated carbocycles. The zero-order valence-electron chi connectivity index (χ0n) is 22.5. The summed E-state index contributed by atoms with van der Waals surface area (Å²) in [5.41, 5.74) is 3.00. The van der Waals surface area contributed by atoms with Gasteiger partial charge in [-0.25, -0.2) is 8.78 Å². The van der Waals surface area contributed by atoms with Crippen molar-refractivity contribution in [2.45, 2.75) is 63.3 Å². The number of halogens is 3. The molecule has 38 heavy (non-hydrogen) atoms. The second-order valence-corrected chi connectivity index (χ2v) is 11.1. The van der Waals surface area contributed by atoms with Crippen LogP contribution in [0.25, 0.3) is 10.9 Å². The first-order valence-corrected chi connectivity index (χ1v) is 13.5. The Balaban J connectivity index is 1.44. The second-order valence-electron chi connectivity index (χ2n) is 11.1. The Bertz CT molecular complexity index is 1240. The number of ether oxygens (including phenoxy) is 1. The van der Waals surface area contributed by atoms with E-state index in [4.69, 9.17) is 4.74 Å². The molecule has 1 aromatic heterocycles. The molecule has 0 bridgehead atoms. The standard InChI is InChI=1S/C29H38F3N5O/c1-18-12-23-22(6-7-25-24(23)14-33-35-25)28(37(18)17-29(32)8-9-29)19(2)27(38-4)13-26(20(3)31)34-21-15-36(16-21)11-5-10-30/h6-7,13-14,18,21,28,34H,2,5,8-12,15-17H2,1,3-4H3,(H,33,35)/b26-20-,27-13+/t18-,28-/m1/s1. The van der Waals surface area contributed by atoms with Crippen LogP contribution in [-0.2, 0) is 11.2 Å². The summed E-state index contributed by atoms with van der Waals surface area (Å²) in [6, 6.07) is 3.87. The van der Waals surface area contributed by atoms with Crippen molar-refractivity contribution >= 4 is 10.9 Å². The highest BCUT2D eigenvalue weighted by Gasteiger charge is 2.48. The Hall–Kier alpha value is -2.78. The predicted octanol–water partition coefficient (Wildman–Crippen LogP) is 5.27. The molecule has 2 aliphatic heterocycles. The molecule has 0 amide bonds. The van der Waals surface area contributed by atoms with E-state index in [1.54, 1.807) is 13.2 Å². The third-order valence-electron chi connectivity index (χ3n) is 8.16. The molecule has 2 N–H and O–H groups in total.